The number of hydrogen-bond donors (Lipinski definition) is 2. The van der Waals surface area contributed by atoms with Crippen LogP contribution in [-0.4, -0.2) is 102 Å². The van der Waals surface area contributed by atoms with Crippen molar-refractivity contribution in [2.45, 2.75) is 74.8 Å². The zero-order valence-corrected chi connectivity index (χ0v) is 29.9. The van der Waals surface area contributed by atoms with Gasteiger partial charge in [-0.05, 0) is 61.2 Å². The van der Waals surface area contributed by atoms with Crippen molar-refractivity contribution >= 4 is 35.2 Å². The van der Waals surface area contributed by atoms with Gasteiger partial charge in [0.15, 0.2) is 0 Å². The first-order valence-corrected chi connectivity index (χ1v) is 19.4. The molecule has 8 atom stereocenters. The lowest BCUT2D eigenvalue weighted by molar-refractivity contribution is -0.141. The number of hydrogen-bond acceptors (Lipinski definition) is 7. The molecule has 49 heavy (non-hydrogen) atoms. The molecule has 0 radical (unpaired) electrons. The van der Waals surface area contributed by atoms with E-state index >= 15 is 0 Å². The van der Waals surface area contributed by atoms with Gasteiger partial charge in [-0.2, -0.15) is 0 Å². The van der Waals surface area contributed by atoms with Crippen molar-refractivity contribution in [3.05, 3.63) is 72.3 Å². The van der Waals surface area contributed by atoms with Crippen LogP contribution in [0.1, 0.15) is 45.1 Å². The number of fused-ring (bicyclic) bond motifs is 1. The van der Waals surface area contributed by atoms with Crippen molar-refractivity contribution in [3.8, 4) is 0 Å². The molecule has 0 aromatic heterocycles. The Kier molecular flexibility index (Phi) is 10.2. The van der Waals surface area contributed by atoms with Crippen LogP contribution in [0.5, 0.6) is 0 Å². The summed E-state index contributed by atoms with van der Waals surface area (Å²) < 4.78 is 6.61. The first-order chi connectivity index (χ1) is 23.8. The van der Waals surface area contributed by atoms with Gasteiger partial charge in [0.25, 0.3) is 0 Å². The summed E-state index contributed by atoms with van der Waals surface area (Å²) in [4.78, 5) is 50.6. The second-order valence-corrected chi connectivity index (χ2v) is 15.7. The molecule has 1 aliphatic carbocycles. The Morgan fingerprint density at radius 1 is 0.959 bits per heavy atom. The van der Waals surface area contributed by atoms with E-state index in [1.54, 1.807) is 16.7 Å². The third kappa shape index (κ3) is 6.81. The van der Waals surface area contributed by atoms with E-state index in [0.29, 0.717) is 24.1 Å². The summed E-state index contributed by atoms with van der Waals surface area (Å²) in [6.07, 6.45) is 9.20. The van der Waals surface area contributed by atoms with Gasteiger partial charge in [-0.3, -0.25) is 19.3 Å². The van der Waals surface area contributed by atoms with Gasteiger partial charge in [0.1, 0.15) is 11.6 Å². The number of benzene rings is 2. The van der Waals surface area contributed by atoms with E-state index in [9.17, 15) is 14.4 Å². The molecule has 2 aromatic rings. The average Bonchev–Trinajstić information content (AvgIpc) is 3.75. The molecule has 4 heterocycles. The monoisotopic (exact) mass is 685 g/mol. The first kappa shape index (κ1) is 34.3. The van der Waals surface area contributed by atoms with E-state index in [0.717, 1.165) is 69.8 Å². The molecule has 5 aliphatic rings. The van der Waals surface area contributed by atoms with Crippen molar-refractivity contribution in [2.75, 3.05) is 50.8 Å². The lowest BCUT2D eigenvalue weighted by Gasteiger charge is -2.38. The largest absolute Gasteiger partial charge is 0.359 e. The maximum atomic E-state index is 14.5. The molecule has 1 spiro atoms. The van der Waals surface area contributed by atoms with Crippen molar-refractivity contribution in [1.82, 2.24) is 20.0 Å². The number of amides is 3. The molecule has 2 bridgehead atoms. The number of likely N-dealkylation sites (tertiary alicyclic amines) is 1. The number of anilines is 1. The van der Waals surface area contributed by atoms with Crippen LogP contribution in [0.15, 0.2) is 71.6 Å². The van der Waals surface area contributed by atoms with E-state index in [1.165, 1.54) is 5.56 Å². The Morgan fingerprint density at radius 2 is 1.73 bits per heavy atom. The highest BCUT2D eigenvalue weighted by atomic mass is 32.2. The number of nitrogens with one attached hydrogen (secondary N) is 2. The van der Waals surface area contributed by atoms with E-state index in [4.69, 9.17) is 4.74 Å². The minimum atomic E-state index is -1.15. The minimum Gasteiger partial charge on any atom is -0.359 e. The Labute approximate surface area is 295 Å². The predicted octanol–water partition coefficient (Wildman–Crippen LogP) is 4.65. The van der Waals surface area contributed by atoms with Gasteiger partial charge in [-0.1, -0.05) is 75.2 Å². The number of piperazine rings is 1. The van der Waals surface area contributed by atoms with E-state index in [2.05, 4.69) is 64.6 Å². The molecular formula is C39H51N5O4S. The van der Waals surface area contributed by atoms with Gasteiger partial charge in [0, 0.05) is 55.9 Å². The SMILES string of the molecule is CSc1cccc(NC(=O)[C@@H]2[C@@H]3C=C[C@]4(O3)[C@@H]2C(=O)N(CCCN2CCN(Cc3ccccc3)CC2)[C@H]4C(=O)N[C@@H]2CCC[C@H](C)[C@H]2C)c1. The summed E-state index contributed by atoms with van der Waals surface area (Å²) in [6.45, 7) is 10.7. The Hall–Kier alpha value is -3.18. The van der Waals surface area contributed by atoms with Crippen molar-refractivity contribution in [2.24, 2.45) is 23.7 Å². The number of rotatable bonds is 11. The van der Waals surface area contributed by atoms with E-state index in [-0.39, 0.29) is 23.8 Å². The van der Waals surface area contributed by atoms with Gasteiger partial charge in [-0.25, -0.2) is 0 Å². The number of nitrogens with zero attached hydrogens (tertiary/aromatic N) is 3. The number of carbonyl (C=O) groups is 3. The van der Waals surface area contributed by atoms with Crippen molar-refractivity contribution < 1.29 is 19.1 Å². The Balaban J connectivity index is 1.06. The predicted molar refractivity (Wildman–Crippen MR) is 193 cm³/mol. The standard InChI is InChI=1S/C39H51N5O4S/c1-26-10-7-15-31(27(26)2)41-37(46)35-39-17-16-32(48-39)33(36(45)40-29-13-8-14-30(24-29)49-3)34(39)38(47)44(35)19-9-18-42-20-22-43(23-21-42)25-28-11-5-4-6-12-28/h4-6,8,11-14,16-17,24,26-27,31-35H,7,9-10,15,18-23,25H2,1-3H3,(H,40,45)(H,41,46)/t26-,27+,31+,32-,33+,34-,35-,39-/m0/s1. The van der Waals surface area contributed by atoms with Crippen LogP contribution in [0, 0.1) is 23.7 Å². The molecular weight excluding hydrogens is 635 g/mol. The maximum absolute atomic E-state index is 14.5. The molecule has 3 amide bonds. The fraction of sp³-hybridized carbons (Fsp3) is 0.564. The third-order valence-electron chi connectivity index (χ3n) is 11.9. The quantitative estimate of drug-likeness (QED) is 0.263. The number of ether oxygens (including phenoxy) is 1. The second kappa shape index (κ2) is 14.6. The summed E-state index contributed by atoms with van der Waals surface area (Å²) in [5.74, 6) is -1.12. The minimum absolute atomic E-state index is 0.0567. The normalized spacial score (nSPS) is 32.8. The molecule has 4 aliphatic heterocycles. The number of thioether (sulfide) groups is 1. The van der Waals surface area contributed by atoms with Crippen LogP contribution in [0.3, 0.4) is 0 Å². The van der Waals surface area contributed by atoms with Gasteiger partial charge in [0.05, 0.1) is 17.9 Å². The lowest BCUT2D eigenvalue weighted by atomic mass is 9.73. The maximum Gasteiger partial charge on any atom is 0.246 e. The molecule has 0 unspecified atom stereocenters. The topological polar surface area (TPSA) is 94.2 Å². The average molecular weight is 686 g/mol. The second-order valence-electron chi connectivity index (χ2n) is 14.8. The molecule has 2 aromatic carbocycles. The van der Waals surface area contributed by atoms with Gasteiger partial charge >= 0.3 is 0 Å². The molecule has 1 saturated carbocycles. The fourth-order valence-corrected chi connectivity index (χ4v) is 9.42. The fourth-order valence-electron chi connectivity index (χ4n) is 8.96. The molecule has 9 nitrogen and oxygen atoms in total. The zero-order valence-electron chi connectivity index (χ0n) is 29.1. The molecule has 4 fully saturated rings. The van der Waals surface area contributed by atoms with Gasteiger partial charge in [-0.15, -0.1) is 11.8 Å². The number of carbonyl (C=O) groups excluding carboxylic acids is 3. The highest BCUT2D eigenvalue weighted by Gasteiger charge is 2.72. The third-order valence-corrected chi connectivity index (χ3v) is 12.6. The molecule has 3 saturated heterocycles. The van der Waals surface area contributed by atoms with E-state index in [1.807, 2.05) is 42.7 Å². The summed E-state index contributed by atoms with van der Waals surface area (Å²) in [5, 5.41) is 6.44. The van der Waals surface area contributed by atoms with Crippen molar-refractivity contribution in [3.63, 3.8) is 0 Å². The molecule has 2 N–H and O–H groups in total. The van der Waals surface area contributed by atoms with Crippen LogP contribution in [-0.2, 0) is 25.7 Å². The first-order valence-electron chi connectivity index (χ1n) is 18.2. The smallest absolute Gasteiger partial charge is 0.246 e. The summed E-state index contributed by atoms with van der Waals surface area (Å²) in [6, 6.07) is 17.6. The van der Waals surface area contributed by atoms with Crippen LogP contribution in [0.4, 0.5) is 5.69 Å². The van der Waals surface area contributed by atoms with Gasteiger partial charge < -0.3 is 25.2 Å². The summed E-state index contributed by atoms with van der Waals surface area (Å²) >= 11 is 1.61. The van der Waals surface area contributed by atoms with Crippen LogP contribution in [0.2, 0.25) is 0 Å². The highest BCUT2D eigenvalue weighted by Crippen LogP contribution is 2.55. The summed E-state index contributed by atoms with van der Waals surface area (Å²) in [7, 11) is 0. The Morgan fingerprint density at radius 3 is 2.51 bits per heavy atom. The Bertz CT molecular complexity index is 1550. The molecule has 262 valence electrons. The zero-order chi connectivity index (χ0) is 34.1. The van der Waals surface area contributed by atoms with E-state index < -0.39 is 29.6 Å². The molecule has 10 heteroatoms. The highest BCUT2D eigenvalue weighted by molar-refractivity contribution is 7.98. The van der Waals surface area contributed by atoms with Crippen LogP contribution < -0.4 is 10.6 Å². The van der Waals surface area contributed by atoms with Crippen LogP contribution in [0.25, 0.3) is 0 Å². The lowest BCUT2D eigenvalue weighted by Crippen LogP contribution is -2.58. The van der Waals surface area contributed by atoms with Crippen LogP contribution >= 0.6 is 11.8 Å². The summed E-state index contributed by atoms with van der Waals surface area (Å²) in [5.41, 5.74) is 0.876. The van der Waals surface area contributed by atoms with Crippen molar-refractivity contribution in [1.29, 1.82) is 0 Å². The molecule has 7 rings (SSSR count). The van der Waals surface area contributed by atoms with Gasteiger partial charge in [0.2, 0.25) is 17.7 Å².